The van der Waals surface area contributed by atoms with Gasteiger partial charge < -0.3 is 4.74 Å². The van der Waals surface area contributed by atoms with E-state index in [1.807, 2.05) is 31.2 Å². The fraction of sp³-hybridized carbons (Fsp3) is 0.417. The van der Waals surface area contributed by atoms with E-state index in [9.17, 15) is 4.79 Å². The Balaban J connectivity index is 2.52. The van der Waals surface area contributed by atoms with Crippen molar-refractivity contribution < 1.29 is 9.53 Å². The molecule has 0 amide bonds. The maximum Gasteiger partial charge on any atom is 0.162 e. The van der Waals surface area contributed by atoms with E-state index in [0.29, 0.717) is 13.0 Å². The molecule has 0 aromatic heterocycles. The Bertz CT molecular complexity index is 306. The summed E-state index contributed by atoms with van der Waals surface area (Å²) in [6.07, 6.45) is 1.53. The smallest absolute Gasteiger partial charge is 0.162 e. The minimum Gasteiger partial charge on any atom is -0.494 e. The summed E-state index contributed by atoms with van der Waals surface area (Å²) in [5.74, 6) is 0.991. The molecule has 0 N–H and O–H groups in total. The Hall–Kier alpha value is -0.830. The number of carbonyl (C=O) groups is 1. The number of ether oxygens (including phenoxy) is 1. The van der Waals surface area contributed by atoms with Gasteiger partial charge in [0.15, 0.2) is 5.78 Å². The Kier molecular flexibility index (Phi) is 5.40. The molecule has 3 heteroatoms. The van der Waals surface area contributed by atoms with Gasteiger partial charge in [-0.25, -0.2) is 0 Å². The van der Waals surface area contributed by atoms with E-state index in [4.69, 9.17) is 4.74 Å². The van der Waals surface area contributed by atoms with Crippen LogP contribution in [0.1, 0.15) is 30.1 Å². The zero-order valence-electron chi connectivity index (χ0n) is 8.83. The zero-order chi connectivity index (χ0) is 11.1. The summed E-state index contributed by atoms with van der Waals surface area (Å²) < 4.78 is 5.47. The molecule has 0 spiro atoms. The van der Waals surface area contributed by atoms with Crippen molar-refractivity contribution in [2.45, 2.75) is 19.8 Å². The maximum absolute atomic E-state index is 11.3. The first-order valence-electron chi connectivity index (χ1n) is 5.10. The van der Waals surface area contributed by atoms with Crippen molar-refractivity contribution in [3.05, 3.63) is 29.8 Å². The van der Waals surface area contributed by atoms with Gasteiger partial charge in [0.2, 0.25) is 0 Å². The Labute approximate surface area is 98.8 Å². The molecular formula is C12H15BrO2. The first kappa shape index (κ1) is 12.2. The summed E-state index contributed by atoms with van der Waals surface area (Å²) >= 11 is 3.34. The van der Waals surface area contributed by atoms with Crippen LogP contribution in [0, 0.1) is 0 Å². The summed E-state index contributed by atoms with van der Waals surface area (Å²) in [7, 11) is 0. The van der Waals surface area contributed by atoms with Gasteiger partial charge in [-0.1, -0.05) is 22.9 Å². The monoisotopic (exact) mass is 270 g/mol. The number of benzene rings is 1. The van der Waals surface area contributed by atoms with Gasteiger partial charge in [-0.2, -0.15) is 0 Å². The third-order valence-corrected chi connectivity index (χ3v) is 2.60. The van der Waals surface area contributed by atoms with Gasteiger partial charge in [0.05, 0.1) is 6.61 Å². The predicted octanol–water partition coefficient (Wildman–Crippen LogP) is 3.44. The number of carbonyl (C=O) groups excluding carboxylic acids is 1. The predicted molar refractivity (Wildman–Crippen MR) is 65.0 cm³/mol. The van der Waals surface area contributed by atoms with Gasteiger partial charge in [-0.15, -0.1) is 0 Å². The second-order valence-corrected chi connectivity index (χ2v) is 3.99. The Morgan fingerprint density at radius 2 is 2.00 bits per heavy atom. The first-order valence-corrected chi connectivity index (χ1v) is 6.22. The van der Waals surface area contributed by atoms with Crippen molar-refractivity contribution in [1.82, 2.24) is 0 Å². The second-order valence-electron chi connectivity index (χ2n) is 3.19. The Morgan fingerprint density at radius 3 is 2.53 bits per heavy atom. The van der Waals surface area contributed by atoms with Crippen LogP contribution in [0.5, 0.6) is 5.75 Å². The van der Waals surface area contributed by atoms with E-state index in [1.54, 1.807) is 0 Å². The van der Waals surface area contributed by atoms with Crippen LogP contribution in [-0.4, -0.2) is 17.7 Å². The minimum atomic E-state index is 0.169. The second kappa shape index (κ2) is 6.62. The largest absolute Gasteiger partial charge is 0.494 e. The summed E-state index contributed by atoms with van der Waals surface area (Å²) in [5, 5.41) is 0.944. The van der Waals surface area contributed by atoms with Crippen LogP contribution in [0.25, 0.3) is 0 Å². The van der Waals surface area contributed by atoms with Crippen molar-refractivity contribution in [2.75, 3.05) is 11.9 Å². The molecule has 0 fully saturated rings. The van der Waals surface area contributed by atoms with Gasteiger partial charge in [0.1, 0.15) is 5.75 Å². The van der Waals surface area contributed by atoms with Crippen LogP contribution in [0.15, 0.2) is 24.3 Å². The van der Waals surface area contributed by atoms with Crippen molar-refractivity contribution >= 4 is 21.7 Å². The molecule has 0 saturated carbocycles. The number of rotatable bonds is 6. The molecule has 0 radical (unpaired) electrons. The van der Waals surface area contributed by atoms with E-state index < -0.39 is 0 Å². The lowest BCUT2D eigenvalue weighted by Gasteiger charge is -2.05. The molecule has 0 aliphatic heterocycles. The molecule has 0 bridgehead atoms. The molecule has 0 aliphatic carbocycles. The third kappa shape index (κ3) is 4.04. The first-order chi connectivity index (χ1) is 7.27. The van der Waals surface area contributed by atoms with Crippen molar-refractivity contribution in [2.24, 2.45) is 0 Å². The molecule has 1 aromatic rings. The van der Waals surface area contributed by atoms with E-state index in [-0.39, 0.29) is 5.78 Å². The normalized spacial score (nSPS) is 10.0. The molecular weight excluding hydrogens is 256 g/mol. The van der Waals surface area contributed by atoms with Gasteiger partial charge >= 0.3 is 0 Å². The lowest BCUT2D eigenvalue weighted by Crippen LogP contribution is -1.99. The molecule has 15 heavy (non-hydrogen) atoms. The minimum absolute atomic E-state index is 0.169. The van der Waals surface area contributed by atoms with Gasteiger partial charge in [0, 0.05) is 17.3 Å². The molecule has 0 atom stereocenters. The third-order valence-electron chi connectivity index (χ3n) is 2.04. The summed E-state index contributed by atoms with van der Waals surface area (Å²) in [5.41, 5.74) is 0.755. The van der Waals surface area contributed by atoms with Gasteiger partial charge in [-0.05, 0) is 30.7 Å². The van der Waals surface area contributed by atoms with Crippen molar-refractivity contribution in [3.63, 3.8) is 0 Å². The van der Waals surface area contributed by atoms with E-state index in [1.165, 1.54) is 0 Å². The van der Waals surface area contributed by atoms with E-state index >= 15 is 0 Å². The summed E-state index contributed by atoms with van der Waals surface area (Å²) in [6.45, 7) is 2.56. The topological polar surface area (TPSA) is 26.3 Å². The quantitative estimate of drug-likeness (QED) is 0.450. The average Bonchev–Trinajstić information content (AvgIpc) is 2.29. The lowest BCUT2D eigenvalue weighted by atomic mass is 10.1. The zero-order valence-corrected chi connectivity index (χ0v) is 10.4. The van der Waals surface area contributed by atoms with Crippen molar-refractivity contribution in [3.8, 4) is 5.75 Å². The molecule has 0 saturated heterocycles. The molecule has 1 aromatic carbocycles. The molecule has 0 unspecified atom stereocenters. The van der Waals surface area contributed by atoms with E-state index in [0.717, 1.165) is 23.1 Å². The number of Topliss-reactive ketones (excluding diaryl/α,β-unsaturated/α-hetero) is 1. The summed E-state index contributed by atoms with van der Waals surface area (Å²) in [4.78, 5) is 11.3. The van der Waals surface area contributed by atoms with Crippen LogP contribution >= 0.6 is 15.9 Å². The van der Waals surface area contributed by atoms with E-state index in [2.05, 4.69) is 15.9 Å². The fourth-order valence-electron chi connectivity index (χ4n) is 1.19. The number of halogens is 1. The fourth-order valence-corrected chi connectivity index (χ4v) is 1.41. The van der Waals surface area contributed by atoms with Crippen molar-refractivity contribution in [1.29, 1.82) is 0 Å². The molecule has 2 nitrogen and oxygen atoms in total. The number of hydrogen-bond donors (Lipinski definition) is 0. The molecule has 82 valence electrons. The highest BCUT2D eigenvalue weighted by Crippen LogP contribution is 2.13. The number of alkyl halides is 1. The van der Waals surface area contributed by atoms with Crippen LogP contribution < -0.4 is 4.74 Å². The van der Waals surface area contributed by atoms with Gasteiger partial charge in [0.25, 0.3) is 0 Å². The van der Waals surface area contributed by atoms with Crippen LogP contribution in [-0.2, 0) is 0 Å². The highest BCUT2D eigenvalue weighted by molar-refractivity contribution is 9.09. The average molecular weight is 271 g/mol. The highest BCUT2D eigenvalue weighted by Gasteiger charge is 2.02. The molecule has 0 aliphatic rings. The lowest BCUT2D eigenvalue weighted by molar-refractivity contribution is 0.0988. The summed E-state index contributed by atoms with van der Waals surface area (Å²) in [6, 6.07) is 7.32. The maximum atomic E-state index is 11.3. The molecule has 1 rings (SSSR count). The number of hydrogen-bond acceptors (Lipinski definition) is 2. The highest BCUT2D eigenvalue weighted by atomic mass is 79.9. The molecule has 0 heterocycles. The van der Waals surface area contributed by atoms with Crippen LogP contribution in [0.3, 0.4) is 0 Å². The SMILES string of the molecule is CCC(=O)c1ccc(OCCCBr)cc1. The van der Waals surface area contributed by atoms with Gasteiger partial charge in [-0.3, -0.25) is 4.79 Å². The van der Waals surface area contributed by atoms with Crippen LogP contribution in [0.4, 0.5) is 0 Å². The van der Waals surface area contributed by atoms with Crippen LogP contribution in [0.2, 0.25) is 0 Å². The standard InChI is InChI=1S/C12H15BrO2/c1-2-12(14)10-4-6-11(7-5-10)15-9-3-8-13/h4-7H,2-3,8-9H2,1H3. The number of ketones is 1. The Morgan fingerprint density at radius 1 is 1.33 bits per heavy atom.